The first-order chi connectivity index (χ1) is 39.3. The summed E-state index contributed by atoms with van der Waals surface area (Å²) in [7, 11) is 7.39. The number of rotatable bonds is 16. The van der Waals surface area contributed by atoms with Crippen LogP contribution in [0.5, 0.6) is 23.0 Å². The lowest BCUT2D eigenvalue weighted by Crippen LogP contribution is -2.57. The molecule has 6 aliphatic rings. The average Bonchev–Trinajstić information content (AvgIpc) is 3.36. The van der Waals surface area contributed by atoms with E-state index < -0.39 is 64.0 Å². The molecule has 4 aliphatic heterocycles. The predicted molar refractivity (Wildman–Crippen MR) is 313 cm³/mol. The van der Waals surface area contributed by atoms with Crippen molar-refractivity contribution < 1.29 is 67.2 Å². The molecule has 2 aliphatic carbocycles. The van der Waals surface area contributed by atoms with Crippen molar-refractivity contribution in [2.45, 2.75) is 192 Å². The first kappa shape index (κ1) is 64.5. The standard InChI is InChI=1S/C31H44ClN3O7.C30H42ClN3O7/c1-30(2,3)27(33-26(36)13-19-11-9-7-8-10-12-19)28(37)35-18-31(17-23(35)29(38)41-6)16-22(34-42-31)20-14-21(32)25(40-5)15-24(20)39-4;1-29(2,3)26(32-25(35)12-18-10-8-6-7-9-11-18)27(36)34-17-30(16-22(34)28(37)38)15-21(33-41-30)19-13-20(31)24(40-5)14-23(19)39-4/h14-15,19,23,27H,7-13,16-18H2,1-6H3,(H,33,36);13-14,18,22,26H,6-12,15-17H2,1-5H3,(H,32,35)(H,37,38)/t23-,27+,31+;22-,26+,30+/m00/s1. The van der Waals surface area contributed by atoms with Crippen LogP contribution >= 0.6 is 23.2 Å². The molecule has 22 heteroatoms. The van der Waals surface area contributed by atoms with E-state index >= 15 is 0 Å². The molecule has 2 spiro atoms. The summed E-state index contributed by atoms with van der Waals surface area (Å²) in [5.74, 6) is -0.219. The van der Waals surface area contributed by atoms with Crippen molar-refractivity contribution in [1.82, 2.24) is 20.4 Å². The van der Waals surface area contributed by atoms with Crippen LogP contribution in [-0.4, -0.2) is 146 Å². The maximum Gasteiger partial charge on any atom is 0.328 e. The topological polar surface area (TPSA) is 243 Å². The number of nitrogens with zero attached hydrogens (tertiary/aromatic N) is 4. The second-order valence-corrected chi connectivity index (χ2v) is 26.3. The molecule has 0 unspecified atom stereocenters. The Morgan fingerprint density at radius 2 is 0.952 bits per heavy atom. The second kappa shape index (κ2) is 27.3. The van der Waals surface area contributed by atoms with Crippen LogP contribution in [0.2, 0.25) is 10.0 Å². The van der Waals surface area contributed by atoms with Gasteiger partial charge in [0.05, 0.1) is 70.1 Å². The summed E-state index contributed by atoms with van der Waals surface area (Å²) in [6, 6.07) is 2.98. The normalized spacial score (nSPS) is 23.7. The van der Waals surface area contributed by atoms with E-state index in [-0.39, 0.29) is 50.1 Å². The number of methoxy groups -OCH3 is 5. The van der Waals surface area contributed by atoms with Gasteiger partial charge in [0.2, 0.25) is 23.6 Å². The fraction of sp³-hybridized carbons (Fsp3) is 0.672. The van der Waals surface area contributed by atoms with Crippen LogP contribution in [-0.2, 0) is 43.2 Å². The molecule has 3 N–H and O–H groups in total. The fourth-order valence-corrected chi connectivity index (χ4v) is 13.0. The van der Waals surface area contributed by atoms with Crippen molar-refractivity contribution in [3.63, 3.8) is 0 Å². The summed E-state index contributed by atoms with van der Waals surface area (Å²) in [5.41, 5.74) is -0.861. The highest BCUT2D eigenvalue weighted by Gasteiger charge is 2.58. The molecule has 2 saturated carbocycles. The number of carbonyl (C=O) groups excluding carboxylic acids is 5. The van der Waals surface area contributed by atoms with Crippen molar-refractivity contribution in [3.8, 4) is 23.0 Å². The number of carboxylic acids is 1. The van der Waals surface area contributed by atoms with E-state index in [9.17, 15) is 33.9 Å². The van der Waals surface area contributed by atoms with Crippen LogP contribution in [0, 0.1) is 22.7 Å². The monoisotopic (exact) mass is 1200 g/mol. The van der Waals surface area contributed by atoms with E-state index in [4.69, 9.17) is 56.6 Å². The van der Waals surface area contributed by atoms with Crippen LogP contribution in [0.25, 0.3) is 0 Å². The molecule has 6 atom stereocenters. The summed E-state index contributed by atoms with van der Waals surface area (Å²) >= 11 is 12.8. The Labute approximate surface area is 498 Å². The Hall–Kier alpha value is -6.02. The number of likely N-dealkylation sites (tertiary alicyclic amines) is 2. The Balaban J connectivity index is 0.000000239. The van der Waals surface area contributed by atoms with Crippen LogP contribution in [0.15, 0.2) is 34.6 Å². The highest BCUT2D eigenvalue weighted by atomic mass is 35.5. The Morgan fingerprint density at radius 1 is 0.590 bits per heavy atom. The van der Waals surface area contributed by atoms with E-state index in [1.54, 1.807) is 31.4 Å². The summed E-state index contributed by atoms with van der Waals surface area (Å²) in [5, 5.41) is 25.5. The third-order valence-electron chi connectivity index (χ3n) is 17.1. The Morgan fingerprint density at radius 3 is 1.29 bits per heavy atom. The van der Waals surface area contributed by atoms with Gasteiger partial charge in [0.1, 0.15) is 47.2 Å². The first-order valence-electron chi connectivity index (χ1n) is 29.1. The van der Waals surface area contributed by atoms with Gasteiger partial charge in [0.25, 0.3) is 0 Å². The lowest BCUT2D eigenvalue weighted by Gasteiger charge is -2.35. The number of carbonyl (C=O) groups is 6. The van der Waals surface area contributed by atoms with E-state index in [0.29, 0.717) is 86.7 Å². The Kier molecular flexibility index (Phi) is 21.3. The molecule has 8 rings (SSSR count). The van der Waals surface area contributed by atoms with Crippen molar-refractivity contribution in [3.05, 3.63) is 45.4 Å². The highest BCUT2D eigenvalue weighted by Crippen LogP contribution is 2.45. The predicted octanol–water partition coefficient (Wildman–Crippen LogP) is 9.68. The number of esters is 1. The van der Waals surface area contributed by atoms with Crippen molar-refractivity contribution in [2.75, 3.05) is 48.6 Å². The van der Waals surface area contributed by atoms with Gasteiger partial charge in [-0.1, -0.05) is 126 Å². The van der Waals surface area contributed by atoms with Gasteiger partial charge in [0.15, 0.2) is 11.2 Å². The van der Waals surface area contributed by atoms with Gasteiger partial charge in [-0.2, -0.15) is 0 Å². The first-order valence-corrected chi connectivity index (χ1v) is 29.9. The lowest BCUT2D eigenvalue weighted by atomic mass is 9.85. The summed E-state index contributed by atoms with van der Waals surface area (Å²) in [6.45, 7) is 11.5. The van der Waals surface area contributed by atoms with Gasteiger partial charge < -0.3 is 58.9 Å². The molecule has 2 saturated heterocycles. The molecule has 0 aromatic heterocycles. The smallest absolute Gasteiger partial charge is 0.328 e. The number of benzene rings is 2. The van der Waals surface area contributed by atoms with Gasteiger partial charge in [-0.25, -0.2) is 9.59 Å². The minimum Gasteiger partial charge on any atom is -0.496 e. The van der Waals surface area contributed by atoms with Crippen LogP contribution in [0.4, 0.5) is 0 Å². The van der Waals surface area contributed by atoms with Crippen LogP contribution in [0.3, 0.4) is 0 Å². The molecule has 0 bridgehead atoms. The third kappa shape index (κ3) is 15.5. The molecular weight excluding hydrogens is 1110 g/mol. The van der Waals surface area contributed by atoms with E-state index in [0.717, 1.165) is 51.4 Å². The molecule has 83 heavy (non-hydrogen) atoms. The van der Waals surface area contributed by atoms with Gasteiger partial charge in [-0.15, -0.1) is 0 Å². The van der Waals surface area contributed by atoms with Crippen molar-refractivity contribution in [2.24, 2.45) is 33.0 Å². The van der Waals surface area contributed by atoms with E-state index in [2.05, 4.69) is 20.9 Å². The molecule has 458 valence electrons. The SMILES string of the molecule is COC(=O)[C@@H]1C[C@]2(CC(c3cc(Cl)c(OC)cc3OC)=NO2)CN1C(=O)[C@@H](NC(=O)CC1CCCCCC1)C(C)(C)C.COc1cc(OC)c(C2=NO[C@]3(C2)C[C@@H](C(=O)O)N(C(=O)[C@@H](NC(=O)CC2CCCCCC2)C(C)(C)C)C3)cc1Cl. The maximum atomic E-state index is 14.2. The minimum absolute atomic E-state index is 0.0209. The molecule has 0 radical (unpaired) electrons. The summed E-state index contributed by atoms with van der Waals surface area (Å²) in [4.78, 5) is 94.6. The van der Waals surface area contributed by atoms with Gasteiger partial charge in [-0.3, -0.25) is 19.2 Å². The zero-order chi connectivity index (χ0) is 60.6. The molecule has 4 heterocycles. The van der Waals surface area contributed by atoms with Crippen molar-refractivity contribution in [1.29, 1.82) is 0 Å². The van der Waals surface area contributed by atoms with Crippen LogP contribution < -0.4 is 29.6 Å². The number of hydrogen-bond donors (Lipinski definition) is 3. The molecule has 20 nitrogen and oxygen atoms in total. The van der Waals surface area contributed by atoms with E-state index in [1.165, 1.54) is 63.9 Å². The van der Waals surface area contributed by atoms with Crippen molar-refractivity contribution >= 4 is 70.2 Å². The molecular formula is C61H86Cl2N6O14. The quantitative estimate of drug-likeness (QED) is 0.105. The number of oxime groups is 2. The number of halogens is 2. The summed E-state index contributed by atoms with van der Waals surface area (Å²) < 4.78 is 26.8. The van der Waals surface area contributed by atoms with Gasteiger partial charge >= 0.3 is 11.9 Å². The van der Waals surface area contributed by atoms with E-state index in [1.807, 2.05) is 41.5 Å². The molecule has 2 aromatic carbocycles. The lowest BCUT2D eigenvalue weighted by molar-refractivity contribution is -0.153. The second-order valence-electron chi connectivity index (χ2n) is 25.4. The number of ether oxygens (including phenoxy) is 5. The molecule has 4 fully saturated rings. The number of aliphatic carboxylic acids is 1. The third-order valence-corrected chi connectivity index (χ3v) is 17.7. The fourth-order valence-electron chi connectivity index (χ4n) is 12.5. The Bertz CT molecular complexity index is 2760. The van der Waals surface area contributed by atoms with Gasteiger partial charge in [-0.05, 0) is 60.5 Å². The average molecular weight is 1200 g/mol. The van der Waals surface area contributed by atoms with Crippen LogP contribution in [0.1, 0.15) is 168 Å². The number of amides is 4. The largest absolute Gasteiger partial charge is 0.496 e. The summed E-state index contributed by atoms with van der Waals surface area (Å²) in [6.07, 6.45) is 15.0. The maximum absolute atomic E-state index is 14.2. The number of nitrogens with one attached hydrogen (secondary N) is 2. The molecule has 2 aromatic rings. The highest BCUT2D eigenvalue weighted by molar-refractivity contribution is 6.33. The number of hydrogen-bond acceptors (Lipinski definition) is 15. The molecule has 4 amide bonds. The zero-order valence-electron chi connectivity index (χ0n) is 50.2. The number of carboxylic acid groups (broad SMARTS) is 1. The minimum atomic E-state index is -1.13. The zero-order valence-corrected chi connectivity index (χ0v) is 51.7. The van der Waals surface area contributed by atoms with Gasteiger partial charge in [0, 0.05) is 61.8 Å².